The second-order valence-electron chi connectivity index (χ2n) is 5.87. The lowest BCUT2D eigenvalue weighted by molar-refractivity contribution is 0.254. The average Bonchev–Trinajstić information content (AvgIpc) is 2.64. The van der Waals surface area contributed by atoms with E-state index in [1.54, 1.807) is 6.07 Å². The van der Waals surface area contributed by atoms with Crippen LogP contribution in [0.2, 0.25) is 5.02 Å². The molecule has 1 aromatic carbocycles. The highest BCUT2D eigenvalue weighted by Crippen LogP contribution is 2.33. The Morgan fingerprint density at radius 2 is 2.05 bits per heavy atom. The molecule has 3 N–H and O–H groups in total. The first kappa shape index (κ1) is 13.7. The molecule has 5 heteroatoms. The second-order valence-corrected chi connectivity index (χ2v) is 6.27. The lowest BCUT2D eigenvalue weighted by Crippen LogP contribution is -2.36. The van der Waals surface area contributed by atoms with Crippen LogP contribution in [-0.2, 0) is 0 Å². The van der Waals surface area contributed by atoms with Crippen molar-refractivity contribution in [3.63, 3.8) is 0 Å². The van der Waals surface area contributed by atoms with E-state index >= 15 is 0 Å². The summed E-state index contributed by atoms with van der Waals surface area (Å²) in [6.07, 6.45) is 3.80. The van der Waals surface area contributed by atoms with Crippen LogP contribution in [0.4, 0.5) is 5.69 Å². The van der Waals surface area contributed by atoms with Crippen LogP contribution >= 0.6 is 11.6 Å². The first-order chi connectivity index (χ1) is 9.56. The minimum absolute atomic E-state index is 0.0631. The van der Waals surface area contributed by atoms with Crippen LogP contribution < -0.4 is 10.6 Å². The molecule has 20 heavy (non-hydrogen) atoms. The predicted molar refractivity (Wildman–Crippen MR) is 83.9 cm³/mol. The van der Waals surface area contributed by atoms with Crippen molar-refractivity contribution in [2.24, 2.45) is 5.73 Å². The number of likely N-dealkylation sites (N-methyl/N-ethyl adjacent to an activating group) is 1. The third-order valence-corrected chi connectivity index (χ3v) is 5.05. The molecule has 1 aromatic rings. The van der Waals surface area contributed by atoms with Crippen molar-refractivity contribution < 1.29 is 0 Å². The highest BCUT2D eigenvalue weighted by molar-refractivity contribution is 6.33. The van der Waals surface area contributed by atoms with E-state index in [1.807, 2.05) is 12.1 Å². The lowest BCUT2D eigenvalue weighted by atomic mass is 10.1. The van der Waals surface area contributed by atoms with Crippen molar-refractivity contribution in [2.75, 3.05) is 25.0 Å². The molecule has 0 radical (unpaired) electrons. The first-order valence-corrected chi connectivity index (χ1v) is 7.55. The minimum Gasteiger partial charge on any atom is -0.384 e. The van der Waals surface area contributed by atoms with E-state index in [0.29, 0.717) is 16.6 Å². The van der Waals surface area contributed by atoms with Crippen molar-refractivity contribution in [1.82, 2.24) is 4.90 Å². The normalized spacial score (nSPS) is 26.6. The molecule has 2 saturated heterocycles. The fourth-order valence-corrected chi connectivity index (χ4v) is 3.76. The standard InChI is InChI=1S/C15H21ClN4/c1-19-11-3-4-12(19)9-20(7-6-11)14-5-2-10(15(17)18)8-13(14)16/h2,5,8,11-12H,3-4,6-7,9H2,1H3,(H3,17,18). The summed E-state index contributed by atoms with van der Waals surface area (Å²) in [5.41, 5.74) is 7.26. The number of nitrogen functional groups attached to an aromatic ring is 1. The molecule has 2 aliphatic rings. The molecule has 0 amide bonds. The van der Waals surface area contributed by atoms with Crippen LogP contribution in [0.5, 0.6) is 0 Å². The van der Waals surface area contributed by atoms with Crippen molar-refractivity contribution in [3.05, 3.63) is 28.8 Å². The summed E-state index contributed by atoms with van der Waals surface area (Å²) in [6.45, 7) is 2.08. The molecule has 0 aliphatic carbocycles. The highest BCUT2D eigenvalue weighted by atomic mass is 35.5. The molecule has 2 aliphatic heterocycles. The Kier molecular flexibility index (Phi) is 3.61. The molecule has 2 unspecified atom stereocenters. The summed E-state index contributed by atoms with van der Waals surface area (Å²) in [7, 11) is 2.24. The van der Waals surface area contributed by atoms with Crippen LogP contribution in [0.25, 0.3) is 0 Å². The van der Waals surface area contributed by atoms with Crippen molar-refractivity contribution in [3.8, 4) is 0 Å². The first-order valence-electron chi connectivity index (χ1n) is 7.17. The molecule has 0 aromatic heterocycles. The summed E-state index contributed by atoms with van der Waals surface area (Å²) in [5, 5.41) is 8.17. The molecular formula is C15H21ClN4. The van der Waals surface area contributed by atoms with Gasteiger partial charge in [-0.15, -0.1) is 0 Å². The van der Waals surface area contributed by atoms with Crippen molar-refractivity contribution in [1.29, 1.82) is 5.41 Å². The second kappa shape index (κ2) is 5.26. The van der Waals surface area contributed by atoms with Crippen LogP contribution in [0, 0.1) is 5.41 Å². The zero-order chi connectivity index (χ0) is 14.3. The van der Waals surface area contributed by atoms with Gasteiger partial charge in [-0.1, -0.05) is 11.6 Å². The number of fused-ring (bicyclic) bond motifs is 2. The summed E-state index contributed by atoms with van der Waals surface area (Å²) < 4.78 is 0. The third-order valence-electron chi connectivity index (χ3n) is 4.75. The maximum Gasteiger partial charge on any atom is 0.122 e. The van der Waals surface area contributed by atoms with E-state index in [4.69, 9.17) is 22.7 Å². The Balaban J connectivity index is 1.84. The van der Waals surface area contributed by atoms with Crippen molar-refractivity contribution >= 4 is 23.1 Å². The molecular weight excluding hydrogens is 272 g/mol. The fraction of sp³-hybridized carbons (Fsp3) is 0.533. The van der Waals surface area contributed by atoms with Crippen LogP contribution in [0.1, 0.15) is 24.8 Å². The van der Waals surface area contributed by atoms with Gasteiger partial charge in [0.15, 0.2) is 0 Å². The number of hydrogen-bond acceptors (Lipinski definition) is 3. The number of benzene rings is 1. The van der Waals surface area contributed by atoms with E-state index in [9.17, 15) is 0 Å². The van der Waals surface area contributed by atoms with Gasteiger partial charge in [-0.3, -0.25) is 10.3 Å². The van der Waals surface area contributed by atoms with Crippen LogP contribution in [0.3, 0.4) is 0 Å². The Bertz CT molecular complexity index is 531. The number of nitrogens with one attached hydrogen (secondary N) is 1. The molecule has 3 rings (SSSR count). The average molecular weight is 293 g/mol. The van der Waals surface area contributed by atoms with Gasteiger partial charge < -0.3 is 10.6 Å². The Morgan fingerprint density at radius 3 is 2.75 bits per heavy atom. The van der Waals surface area contributed by atoms with Crippen LogP contribution in [0.15, 0.2) is 18.2 Å². The molecule has 108 valence electrons. The maximum atomic E-state index is 7.47. The Hall–Kier alpha value is -1.26. The summed E-state index contributed by atoms with van der Waals surface area (Å²) in [5.74, 6) is 0.0631. The van der Waals surface area contributed by atoms with Gasteiger partial charge in [0.25, 0.3) is 0 Å². The van der Waals surface area contributed by atoms with Gasteiger partial charge in [-0.2, -0.15) is 0 Å². The number of halogens is 1. The van der Waals surface area contributed by atoms with Gasteiger partial charge in [0.05, 0.1) is 10.7 Å². The summed E-state index contributed by atoms with van der Waals surface area (Å²) in [6, 6.07) is 7.03. The SMILES string of the molecule is CN1C2CCC1CN(c1ccc(C(=N)N)cc1Cl)CC2. The van der Waals surface area contributed by atoms with E-state index < -0.39 is 0 Å². The molecule has 2 heterocycles. The molecule has 2 atom stereocenters. The highest BCUT2D eigenvalue weighted by Gasteiger charge is 2.35. The van der Waals surface area contributed by atoms with Gasteiger partial charge in [0.1, 0.15) is 5.84 Å². The van der Waals surface area contributed by atoms with E-state index in [1.165, 1.54) is 19.3 Å². The zero-order valence-corrected chi connectivity index (χ0v) is 12.5. The topological polar surface area (TPSA) is 56.4 Å². The van der Waals surface area contributed by atoms with Gasteiger partial charge in [0.2, 0.25) is 0 Å². The predicted octanol–water partition coefficient (Wildman–Crippen LogP) is 2.30. The monoisotopic (exact) mass is 292 g/mol. The van der Waals surface area contributed by atoms with E-state index in [2.05, 4.69) is 16.8 Å². The lowest BCUT2D eigenvalue weighted by Gasteiger charge is -2.28. The Morgan fingerprint density at radius 1 is 1.30 bits per heavy atom. The molecule has 2 fully saturated rings. The van der Waals surface area contributed by atoms with E-state index in [0.717, 1.165) is 24.8 Å². The fourth-order valence-electron chi connectivity index (χ4n) is 3.46. The quantitative estimate of drug-likeness (QED) is 0.649. The molecule has 0 saturated carbocycles. The number of rotatable bonds is 2. The number of anilines is 1. The number of amidine groups is 1. The van der Waals surface area contributed by atoms with Gasteiger partial charge >= 0.3 is 0 Å². The van der Waals surface area contributed by atoms with Gasteiger partial charge in [-0.25, -0.2) is 0 Å². The number of nitrogens with zero attached hydrogens (tertiary/aromatic N) is 2. The molecule has 4 nitrogen and oxygen atoms in total. The van der Waals surface area contributed by atoms with Gasteiger partial charge in [0, 0.05) is 30.7 Å². The number of hydrogen-bond donors (Lipinski definition) is 2. The maximum absolute atomic E-state index is 7.47. The zero-order valence-electron chi connectivity index (χ0n) is 11.8. The number of nitrogens with two attached hydrogens (primary N) is 1. The largest absolute Gasteiger partial charge is 0.384 e. The smallest absolute Gasteiger partial charge is 0.122 e. The minimum atomic E-state index is 0.0631. The van der Waals surface area contributed by atoms with Gasteiger partial charge in [-0.05, 0) is 44.5 Å². The molecule has 2 bridgehead atoms. The van der Waals surface area contributed by atoms with E-state index in [-0.39, 0.29) is 5.84 Å². The third kappa shape index (κ3) is 2.38. The van der Waals surface area contributed by atoms with Crippen LogP contribution in [-0.4, -0.2) is 43.0 Å². The van der Waals surface area contributed by atoms with Crippen molar-refractivity contribution in [2.45, 2.75) is 31.3 Å². The summed E-state index contributed by atoms with van der Waals surface area (Å²) in [4.78, 5) is 4.91. The summed E-state index contributed by atoms with van der Waals surface area (Å²) >= 11 is 6.39. The Labute approximate surface area is 125 Å². The molecule has 0 spiro atoms.